The van der Waals surface area contributed by atoms with Crippen LogP contribution in [0.4, 0.5) is 0 Å². The maximum Gasteiger partial charge on any atom is 0.258 e. The van der Waals surface area contributed by atoms with Gasteiger partial charge in [0, 0.05) is 13.0 Å². The first-order valence-electron chi connectivity index (χ1n) is 6.63. The van der Waals surface area contributed by atoms with Gasteiger partial charge >= 0.3 is 0 Å². The van der Waals surface area contributed by atoms with Gasteiger partial charge in [-0.3, -0.25) is 9.59 Å². The summed E-state index contributed by atoms with van der Waals surface area (Å²) >= 11 is 0. The minimum Gasteiger partial charge on any atom is -0.496 e. The van der Waals surface area contributed by atoms with Gasteiger partial charge in [-0.15, -0.1) is 0 Å². The van der Waals surface area contributed by atoms with Crippen molar-refractivity contribution in [2.45, 2.75) is 26.2 Å². The normalized spacial score (nSPS) is 15.5. The summed E-state index contributed by atoms with van der Waals surface area (Å²) in [5, 5.41) is 0. The van der Waals surface area contributed by atoms with Crippen molar-refractivity contribution in [3.8, 4) is 5.75 Å². The average molecular weight is 261 g/mol. The molecule has 1 saturated heterocycles. The Labute approximate surface area is 113 Å². The second-order valence-electron chi connectivity index (χ2n) is 4.76. The van der Waals surface area contributed by atoms with Crippen LogP contribution in [0.3, 0.4) is 0 Å². The van der Waals surface area contributed by atoms with Gasteiger partial charge < -0.3 is 9.64 Å². The zero-order chi connectivity index (χ0) is 13.8. The molecule has 1 aromatic rings. The standard InChI is InChI=1S/C15H19NO3/c1-3-11-6-7-14(19-2)13(9-11)15(18)16-8-4-5-12(17)10-16/h6-7,9H,3-5,8,10H2,1-2H3. The van der Waals surface area contributed by atoms with Crippen LogP contribution in [-0.2, 0) is 11.2 Å². The van der Waals surface area contributed by atoms with Crippen molar-refractivity contribution in [2.24, 2.45) is 0 Å². The third-order valence-electron chi connectivity index (χ3n) is 3.44. The van der Waals surface area contributed by atoms with Crippen molar-refractivity contribution in [1.29, 1.82) is 0 Å². The Morgan fingerprint density at radius 1 is 1.42 bits per heavy atom. The van der Waals surface area contributed by atoms with Gasteiger partial charge in [-0.05, 0) is 30.5 Å². The molecule has 0 aliphatic carbocycles. The highest BCUT2D eigenvalue weighted by Crippen LogP contribution is 2.23. The van der Waals surface area contributed by atoms with Gasteiger partial charge in [0.05, 0.1) is 19.2 Å². The molecule has 0 unspecified atom stereocenters. The molecule has 0 saturated carbocycles. The summed E-state index contributed by atoms with van der Waals surface area (Å²) < 4.78 is 5.25. The first-order valence-corrected chi connectivity index (χ1v) is 6.63. The van der Waals surface area contributed by atoms with E-state index in [0.717, 1.165) is 18.4 Å². The Hall–Kier alpha value is -1.84. The molecule has 1 fully saturated rings. The van der Waals surface area contributed by atoms with E-state index in [4.69, 9.17) is 4.74 Å². The predicted molar refractivity (Wildman–Crippen MR) is 72.5 cm³/mol. The second kappa shape index (κ2) is 5.87. The Bertz CT molecular complexity index is 496. The number of hydrogen-bond donors (Lipinski definition) is 0. The SMILES string of the molecule is CCc1ccc(OC)c(C(=O)N2CCCC(=O)C2)c1. The molecule has 1 aliphatic heterocycles. The van der Waals surface area contributed by atoms with Gasteiger partial charge in [0.15, 0.2) is 5.78 Å². The number of likely N-dealkylation sites (tertiary alicyclic amines) is 1. The lowest BCUT2D eigenvalue weighted by atomic mass is 10.0. The molecule has 0 N–H and O–H groups in total. The summed E-state index contributed by atoms with van der Waals surface area (Å²) in [6.07, 6.45) is 2.19. The lowest BCUT2D eigenvalue weighted by Crippen LogP contribution is -2.40. The molecule has 102 valence electrons. The molecule has 0 radical (unpaired) electrons. The Kier molecular flexibility index (Phi) is 4.20. The number of ketones is 1. The molecular weight excluding hydrogens is 242 g/mol. The highest BCUT2D eigenvalue weighted by atomic mass is 16.5. The molecule has 4 nitrogen and oxygen atoms in total. The number of carbonyl (C=O) groups is 2. The molecule has 1 aromatic carbocycles. The average Bonchev–Trinajstić information content (AvgIpc) is 2.45. The molecule has 1 heterocycles. The van der Waals surface area contributed by atoms with Crippen molar-refractivity contribution < 1.29 is 14.3 Å². The van der Waals surface area contributed by atoms with E-state index < -0.39 is 0 Å². The van der Waals surface area contributed by atoms with Crippen LogP contribution < -0.4 is 4.74 Å². The summed E-state index contributed by atoms with van der Waals surface area (Å²) in [6.45, 7) is 2.91. The zero-order valence-corrected chi connectivity index (χ0v) is 11.4. The van der Waals surface area contributed by atoms with Gasteiger partial charge in [0.2, 0.25) is 0 Å². The quantitative estimate of drug-likeness (QED) is 0.836. The van der Waals surface area contributed by atoms with E-state index in [9.17, 15) is 9.59 Å². The van der Waals surface area contributed by atoms with Gasteiger partial charge in [0.25, 0.3) is 5.91 Å². The number of ether oxygens (including phenoxy) is 1. The summed E-state index contributed by atoms with van der Waals surface area (Å²) in [4.78, 5) is 25.6. The van der Waals surface area contributed by atoms with Crippen molar-refractivity contribution in [2.75, 3.05) is 20.2 Å². The number of rotatable bonds is 3. The van der Waals surface area contributed by atoms with Crippen LogP contribution in [0, 0.1) is 0 Å². The fourth-order valence-corrected chi connectivity index (χ4v) is 2.32. The maximum atomic E-state index is 12.5. The molecule has 2 rings (SSSR count). The number of methoxy groups -OCH3 is 1. The first kappa shape index (κ1) is 13.6. The highest BCUT2D eigenvalue weighted by Gasteiger charge is 2.24. The van der Waals surface area contributed by atoms with Gasteiger partial charge in [0.1, 0.15) is 5.75 Å². The van der Waals surface area contributed by atoms with Crippen molar-refractivity contribution in [1.82, 2.24) is 4.90 Å². The number of aryl methyl sites for hydroxylation is 1. The third kappa shape index (κ3) is 2.95. The minimum atomic E-state index is -0.111. The number of hydrogen-bond acceptors (Lipinski definition) is 3. The van der Waals surface area contributed by atoms with Crippen LogP contribution in [-0.4, -0.2) is 36.8 Å². The van der Waals surface area contributed by atoms with Crippen LogP contribution in [0.15, 0.2) is 18.2 Å². The fourth-order valence-electron chi connectivity index (χ4n) is 2.32. The number of benzene rings is 1. The number of Topliss-reactive ketones (excluding diaryl/α,β-unsaturated/α-hetero) is 1. The maximum absolute atomic E-state index is 12.5. The number of piperidine rings is 1. The van der Waals surface area contributed by atoms with E-state index in [0.29, 0.717) is 24.3 Å². The zero-order valence-electron chi connectivity index (χ0n) is 11.4. The fraction of sp³-hybridized carbons (Fsp3) is 0.467. The van der Waals surface area contributed by atoms with Crippen LogP contribution in [0.2, 0.25) is 0 Å². The summed E-state index contributed by atoms with van der Waals surface area (Å²) in [5.74, 6) is 0.589. The molecule has 1 aliphatic rings. The van der Waals surface area contributed by atoms with Crippen molar-refractivity contribution in [3.63, 3.8) is 0 Å². The molecule has 0 atom stereocenters. The first-order chi connectivity index (χ1) is 9.15. The van der Waals surface area contributed by atoms with Crippen LogP contribution in [0.5, 0.6) is 5.75 Å². The van der Waals surface area contributed by atoms with Crippen LogP contribution in [0.1, 0.15) is 35.7 Å². The molecule has 1 amide bonds. The van der Waals surface area contributed by atoms with E-state index in [-0.39, 0.29) is 18.2 Å². The molecule has 0 bridgehead atoms. The molecular formula is C15H19NO3. The van der Waals surface area contributed by atoms with E-state index in [1.165, 1.54) is 0 Å². The number of nitrogens with zero attached hydrogens (tertiary/aromatic N) is 1. The Morgan fingerprint density at radius 2 is 2.21 bits per heavy atom. The summed E-state index contributed by atoms with van der Waals surface area (Å²) in [7, 11) is 1.55. The predicted octanol–water partition coefficient (Wildman–Crippen LogP) is 2.06. The highest BCUT2D eigenvalue weighted by molar-refractivity contribution is 5.99. The van der Waals surface area contributed by atoms with E-state index in [1.54, 1.807) is 12.0 Å². The van der Waals surface area contributed by atoms with Gasteiger partial charge in [-0.2, -0.15) is 0 Å². The van der Waals surface area contributed by atoms with E-state index in [1.807, 2.05) is 25.1 Å². The van der Waals surface area contributed by atoms with Crippen molar-refractivity contribution >= 4 is 11.7 Å². The molecule has 0 spiro atoms. The third-order valence-corrected chi connectivity index (χ3v) is 3.44. The van der Waals surface area contributed by atoms with E-state index >= 15 is 0 Å². The van der Waals surface area contributed by atoms with E-state index in [2.05, 4.69) is 0 Å². The largest absolute Gasteiger partial charge is 0.496 e. The topological polar surface area (TPSA) is 46.6 Å². The number of carbonyl (C=O) groups excluding carboxylic acids is 2. The molecule has 19 heavy (non-hydrogen) atoms. The minimum absolute atomic E-state index is 0.111. The second-order valence-corrected chi connectivity index (χ2v) is 4.76. The van der Waals surface area contributed by atoms with Crippen molar-refractivity contribution in [3.05, 3.63) is 29.3 Å². The van der Waals surface area contributed by atoms with Gasteiger partial charge in [-0.25, -0.2) is 0 Å². The Balaban J connectivity index is 2.28. The Morgan fingerprint density at radius 3 is 2.84 bits per heavy atom. The van der Waals surface area contributed by atoms with Crippen LogP contribution in [0.25, 0.3) is 0 Å². The lowest BCUT2D eigenvalue weighted by molar-refractivity contribution is -0.121. The summed E-state index contributed by atoms with van der Waals surface area (Å²) in [6, 6.07) is 5.63. The lowest BCUT2D eigenvalue weighted by Gasteiger charge is -2.26. The van der Waals surface area contributed by atoms with Crippen LogP contribution >= 0.6 is 0 Å². The monoisotopic (exact) mass is 261 g/mol. The smallest absolute Gasteiger partial charge is 0.258 e. The molecule has 0 aromatic heterocycles. The van der Waals surface area contributed by atoms with Gasteiger partial charge in [-0.1, -0.05) is 13.0 Å². The number of amides is 1. The summed E-state index contributed by atoms with van der Waals surface area (Å²) in [5.41, 5.74) is 1.64. The molecule has 4 heteroatoms.